The van der Waals surface area contributed by atoms with Crippen LogP contribution in [0.4, 0.5) is 4.39 Å². The molecule has 1 N–H and O–H groups in total. The van der Waals surface area contributed by atoms with Crippen LogP contribution in [0, 0.1) is 17.9 Å². The highest BCUT2D eigenvalue weighted by Crippen LogP contribution is 2.26. The Balaban J connectivity index is 1.02. The van der Waals surface area contributed by atoms with Gasteiger partial charge in [0.05, 0.1) is 22.0 Å². The predicted molar refractivity (Wildman–Crippen MR) is 171 cm³/mol. The second-order valence-corrected chi connectivity index (χ2v) is 13.2. The SMILES string of the molecule is Cc1c(CC(=O)NN2CCN(Cc3ccc(F)cc3)CC2)c(=O)oc2cc(OCCOc3no[n+]([O-])c3S(=O)(=O)c3ccccc3)ccc12. The van der Waals surface area contributed by atoms with Gasteiger partial charge in [0, 0.05) is 44.2 Å². The van der Waals surface area contributed by atoms with E-state index in [2.05, 4.69) is 20.1 Å². The summed E-state index contributed by atoms with van der Waals surface area (Å²) in [7, 11) is -4.26. The minimum absolute atomic E-state index is 0.0793. The second kappa shape index (κ2) is 14.4. The Hall–Kier alpha value is -5.32. The molecule has 0 saturated carbocycles. The number of amides is 1. The summed E-state index contributed by atoms with van der Waals surface area (Å²) in [6, 6.07) is 18.6. The Kier molecular flexibility index (Phi) is 9.89. The van der Waals surface area contributed by atoms with Gasteiger partial charge in [-0.3, -0.25) is 19.7 Å². The topological polar surface area (TPSA) is 171 Å². The maximum atomic E-state index is 13.2. The first-order valence-electron chi connectivity index (χ1n) is 15.3. The van der Waals surface area contributed by atoms with Crippen molar-refractivity contribution in [3.05, 3.63) is 111 Å². The fourth-order valence-corrected chi connectivity index (χ4v) is 6.74. The molecule has 0 atom stereocenters. The molecule has 3 heterocycles. The molecule has 1 saturated heterocycles. The molecule has 0 bridgehead atoms. The summed E-state index contributed by atoms with van der Waals surface area (Å²) in [6.45, 7) is 4.77. The van der Waals surface area contributed by atoms with E-state index >= 15 is 0 Å². The average Bonchev–Trinajstić information content (AvgIpc) is 3.48. The highest BCUT2D eigenvalue weighted by Gasteiger charge is 2.35. The van der Waals surface area contributed by atoms with Gasteiger partial charge in [0.1, 0.15) is 30.4 Å². The number of rotatable bonds is 12. The zero-order valence-corrected chi connectivity index (χ0v) is 27.2. The maximum Gasteiger partial charge on any atom is 0.415 e. The Morgan fingerprint density at radius 1 is 1.02 bits per heavy atom. The number of aryl methyl sites for hydroxylation is 1. The number of nitrogens with one attached hydrogen (secondary N) is 1. The molecular formula is C33H32FN5O9S. The number of hydrazine groups is 1. The van der Waals surface area contributed by atoms with E-state index in [1.54, 1.807) is 37.3 Å². The van der Waals surface area contributed by atoms with E-state index in [0.29, 0.717) is 49.4 Å². The Morgan fingerprint density at radius 3 is 2.47 bits per heavy atom. The first-order valence-corrected chi connectivity index (χ1v) is 16.8. The average molecular weight is 694 g/mol. The third-order valence-electron chi connectivity index (χ3n) is 8.02. The van der Waals surface area contributed by atoms with E-state index in [1.807, 2.05) is 5.01 Å². The maximum absolute atomic E-state index is 13.2. The molecule has 49 heavy (non-hydrogen) atoms. The molecule has 0 unspecified atom stereocenters. The number of aromatic nitrogens is 2. The Morgan fingerprint density at radius 2 is 1.73 bits per heavy atom. The van der Waals surface area contributed by atoms with Crippen LogP contribution in [0.2, 0.25) is 0 Å². The van der Waals surface area contributed by atoms with Crippen LogP contribution in [0.15, 0.2) is 96.6 Å². The lowest BCUT2D eigenvalue weighted by Gasteiger charge is -2.34. The van der Waals surface area contributed by atoms with Gasteiger partial charge >= 0.3 is 16.5 Å². The summed E-state index contributed by atoms with van der Waals surface area (Å²) in [4.78, 5) is 27.7. The zero-order valence-electron chi connectivity index (χ0n) is 26.3. The smallest absolute Gasteiger partial charge is 0.415 e. The number of hydrogen-bond acceptors (Lipinski definition) is 12. The third kappa shape index (κ3) is 7.72. The lowest BCUT2D eigenvalue weighted by Crippen LogP contribution is -2.53. The number of carbonyl (C=O) groups is 1. The summed E-state index contributed by atoms with van der Waals surface area (Å²) >= 11 is 0. The molecule has 5 aromatic rings. The van der Waals surface area contributed by atoms with E-state index in [-0.39, 0.29) is 52.3 Å². The Labute approximate surface area is 279 Å². The molecule has 1 aliphatic heterocycles. The monoisotopic (exact) mass is 693 g/mol. The van der Waals surface area contributed by atoms with Crippen LogP contribution in [0.1, 0.15) is 16.7 Å². The molecule has 1 amide bonds. The first kappa shape index (κ1) is 33.6. The molecule has 16 heteroatoms. The van der Waals surface area contributed by atoms with Gasteiger partial charge in [0.25, 0.3) is 9.84 Å². The standard InChI is InChI=1S/C33H32FN5O9S/c1-22-27-12-11-25(45-17-18-46-31-32(39(42)48-36-31)49(43,44)26-5-3-2-4-6-26)19-29(27)47-33(41)28(22)20-30(40)35-38-15-13-37(14-16-38)21-23-7-9-24(34)10-8-23/h2-12,19H,13-18,20-21H2,1H3,(H,35,40). The molecule has 14 nitrogen and oxygen atoms in total. The molecule has 1 fully saturated rings. The van der Waals surface area contributed by atoms with Crippen LogP contribution < -0.4 is 25.4 Å². The summed E-state index contributed by atoms with van der Waals surface area (Å²) in [5, 5.41) is 17.1. The van der Waals surface area contributed by atoms with Gasteiger partial charge in [-0.05, 0) is 59.4 Å². The lowest BCUT2D eigenvalue weighted by molar-refractivity contribution is -0.832. The van der Waals surface area contributed by atoms with E-state index in [4.69, 9.17) is 13.9 Å². The van der Waals surface area contributed by atoms with E-state index in [1.165, 1.54) is 42.5 Å². The van der Waals surface area contributed by atoms with Crippen LogP contribution >= 0.6 is 0 Å². The van der Waals surface area contributed by atoms with Crippen LogP contribution in [0.25, 0.3) is 11.0 Å². The number of hydrogen-bond donors (Lipinski definition) is 1. The van der Waals surface area contributed by atoms with E-state index < -0.39 is 26.4 Å². The predicted octanol–water partition coefficient (Wildman–Crippen LogP) is 2.54. The highest BCUT2D eigenvalue weighted by atomic mass is 32.2. The number of sulfone groups is 1. The molecule has 2 aromatic heterocycles. The molecule has 6 rings (SSSR count). The molecule has 0 aliphatic carbocycles. The van der Waals surface area contributed by atoms with Crippen molar-refractivity contribution in [2.24, 2.45) is 0 Å². The van der Waals surface area contributed by atoms with Crippen molar-refractivity contribution in [1.82, 2.24) is 20.5 Å². The zero-order chi connectivity index (χ0) is 34.5. The van der Waals surface area contributed by atoms with Gasteiger partial charge in [-0.2, -0.15) is 0 Å². The fraction of sp³-hybridized carbons (Fsp3) is 0.273. The minimum Gasteiger partial charge on any atom is -0.490 e. The van der Waals surface area contributed by atoms with Crippen molar-refractivity contribution >= 4 is 26.7 Å². The van der Waals surface area contributed by atoms with Gasteiger partial charge in [-0.15, -0.1) is 0 Å². The minimum atomic E-state index is -4.26. The van der Waals surface area contributed by atoms with Gasteiger partial charge in [0.2, 0.25) is 5.91 Å². The van der Waals surface area contributed by atoms with E-state index in [9.17, 15) is 27.6 Å². The van der Waals surface area contributed by atoms with Crippen LogP contribution in [-0.4, -0.2) is 68.8 Å². The summed E-state index contributed by atoms with van der Waals surface area (Å²) in [5.74, 6) is -0.787. The molecule has 0 radical (unpaired) electrons. The first-order chi connectivity index (χ1) is 23.6. The van der Waals surface area contributed by atoms with Gasteiger partial charge < -0.3 is 19.1 Å². The summed E-state index contributed by atoms with van der Waals surface area (Å²) in [6.07, 6.45) is -0.164. The van der Waals surface area contributed by atoms with E-state index in [0.717, 1.165) is 5.56 Å². The normalized spacial score (nSPS) is 14.2. The van der Waals surface area contributed by atoms with Crippen molar-refractivity contribution in [2.45, 2.75) is 29.8 Å². The number of halogens is 1. The van der Waals surface area contributed by atoms with Crippen LogP contribution in [-0.2, 0) is 27.6 Å². The third-order valence-corrected chi connectivity index (χ3v) is 9.74. The number of piperazine rings is 1. The number of fused-ring (bicyclic) bond motifs is 1. The van der Waals surface area contributed by atoms with Crippen molar-refractivity contribution in [3.8, 4) is 11.6 Å². The van der Waals surface area contributed by atoms with Gasteiger partial charge in [-0.1, -0.05) is 30.3 Å². The number of carbonyl (C=O) groups excluding carboxylic acids is 1. The number of benzene rings is 3. The summed E-state index contributed by atoms with van der Waals surface area (Å²) < 4.78 is 60.1. The van der Waals surface area contributed by atoms with Crippen molar-refractivity contribution in [1.29, 1.82) is 0 Å². The molecule has 1 aliphatic rings. The second-order valence-electron chi connectivity index (χ2n) is 11.3. The Bertz CT molecular complexity index is 2110. The van der Waals surface area contributed by atoms with Crippen molar-refractivity contribution in [3.63, 3.8) is 0 Å². The lowest BCUT2D eigenvalue weighted by atomic mass is 10.0. The van der Waals surface area contributed by atoms with Crippen molar-refractivity contribution < 1.29 is 41.0 Å². The number of nitrogens with zero attached hydrogens (tertiary/aromatic N) is 4. The van der Waals surface area contributed by atoms with Crippen LogP contribution in [0.5, 0.6) is 11.6 Å². The van der Waals surface area contributed by atoms with Crippen LogP contribution in [0.3, 0.4) is 0 Å². The largest absolute Gasteiger partial charge is 0.490 e. The fourth-order valence-electron chi connectivity index (χ4n) is 5.45. The van der Waals surface area contributed by atoms with Crippen molar-refractivity contribution in [2.75, 3.05) is 39.4 Å². The van der Waals surface area contributed by atoms with Gasteiger partial charge in [-0.25, -0.2) is 22.6 Å². The molecule has 3 aromatic carbocycles. The number of ether oxygens (including phenoxy) is 2. The summed E-state index contributed by atoms with van der Waals surface area (Å²) in [5.41, 5.74) is 4.34. The molecular weight excluding hydrogens is 661 g/mol. The molecule has 0 spiro atoms. The highest BCUT2D eigenvalue weighted by molar-refractivity contribution is 7.91. The quantitative estimate of drug-likeness (QED) is 0.115. The molecule has 256 valence electrons. The van der Waals surface area contributed by atoms with Gasteiger partial charge in [0.15, 0.2) is 0 Å².